The molecule has 0 heterocycles. The first kappa shape index (κ1) is 9.55. The molecule has 1 aromatic rings. The van der Waals surface area contributed by atoms with E-state index < -0.39 is 0 Å². The van der Waals surface area contributed by atoms with Gasteiger partial charge in [0.25, 0.3) is 0 Å². The Morgan fingerprint density at radius 2 is 2.00 bits per heavy atom. The molecule has 0 fully saturated rings. The zero-order valence-corrected chi connectivity index (χ0v) is 8.43. The summed E-state index contributed by atoms with van der Waals surface area (Å²) in [5.74, 6) is 0.254. The van der Waals surface area contributed by atoms with Crippen LogP contribution < -0.4 is 0 Å². The quantitative estimate of drug-likeness (QED) is 0.819. The van der Waals surface area contributed by atoms with Crippen molar-refractivity contribution in [3.63, 3.8) is 0 Å². The van der Waals surface area contributed by atoms with Gasteiger partial charge >= 0.3 is 0 Å². The number of hydrogen-bond donors (Lipinski definition) is 2. The molecular weight excluding hydrogens is 220 g/mol. The first-order valence-corrected chi connectivity index (χ1v) is 4.60. The van der Waals surface area contributed by atoms with E-state index in [9.17, 15) is 5.11 Å². The van der Waals surface area contributed by atoms with Gasteiger partial charge < -0.3 is 10.2 Å². The molecule has 1 aromatic carbocycles. The fourth-order valence-corrected chi connectivity index (χ4v) is 1.71. The molecule has 0 unspecified atom stereocenters. The first-order chi connectivity index (χ1) is 5.70. The zero-order chi connectivity index (χ0) is 9.14. The number of phenols is 1. The zero-order valence-electron chi connectivity index (χ0n) is 6.84. The molecule has 66 valence electrons. The Kier molecular flexibility index (Phi) is 3.12. The summed E-state index contributed by atoms with van der Waals surface area (Å²) in [5.41, 5.74) is 1.59. The molecule has 0 aliphatic heterocycles. The second kappa shape index (κ2) is 3.92. The SMILES string of the molecule is CCc1c(O)ccc(Br)c1CO. The van der Waals surface area contributed by atoms with Crippen LogP contribution in [0.1, 0.15) is 18.1 Å². The number of hydrogen-bond acceptors (Lipinski definition) is 2. The number of benzene rings is 1. The third-order valence-corrected chi connectivity index (χ3v) is 2.60. The van der Waals surface area contributed by atoms with Crippen molar-refractivity contribution >= 4 is 15.9 Å². The predicted molar refractivity (Wildman–Crippen MR) is 51.1 cm³/mol. The van der Waals surface area contributed by atoms with Crippen LogP contribution in [-0.4, -0.2) is 10.2 Å². The lowest BCUT2D eigenvalue weighted by molar-refractivity contribution is 0.279. The van der Waals surface area contributed by atoms with E-state index in [0.29, 0.717) is 0 Å². The molecule has 0 saturated heterocycles. The van der Waals surface area contributed by atoms with E-state index in [1.54, 1.807) is 12.1 Å². The Morgan fingerprint density at radius 1 is 1.33 bits per heavy atom. The normalized spacial score (nSPS) is 10.2. The molecule has 0 amide bonds. The highest BCUT2D eigenvalue weighted by atomic mass is 79.9. The molecule has 2 nitrogen and oxygen atoms in total. The van der Waals surface area contributed by atoms with Crippen molar-refractivity contribution < 1.29 is 10.2 Å². The summed E-state index contributed by atoms with van der Waals surface area (Å²) in [4.78, 5) is 0. The maximum absolute atomic E-state index is 9.41. The van der Waals surface area contributed by atoms with Crippen molar-refractivity contribution in [3.8, 4) is 5.75 Å². The van der Waals surface area contributed by atoms with Crippen LogP contribution in [0.15, 0.2) is 16.6 Å². The van der Waals surface area contributed by atoms with E-state index in [2.05, 4.69) is 15.9 Å². The smallest absolute Gasteiger partial charge is 0.119 e. The van der Waals surface area contributed by atoms with E-state index in [1.165, 1.54) is 0 Å². The van der Waals surface area contributed by atoms with E-state index >= 15 is 0 Å². The van der Waals surface area contributed by atoms with Gasteiger partial charge in [-0.25, -0.2) is 0 Å². The van der Waals surface area contributed by atoms with Gasteiger partial charge in [0.1, 0.15) is 5.75 Å². The van der Waals surface area contributed by atoms with Crippen molar-refractivity contribution in [2.24, 2.45) is 0 Å². The number of phenolic OH excluding ortho intramolecular Hbond substituents is 1. The Bertz CT molecular complexity index is 255. The molecule has 0 spiro atoms. The summed E-state index contributed by atoms with van der Waals surface area (Å²) >= 11 is 3.31. The predicted octanol–water partition coefficient (Wildman–Crippen LogP) is 2.21. The van der Waals surface area contributed by atoms with Crippen molar-refractivity contribution in [1.82, 2.24) is 0 Å². The Labute approximate surface area is 80.0 Å². The van der Waals surface area contributed by atoms with Gasteiger partial charge in [-0.1, -0.05) is 22.9 Å². The Balaban J connectivity index is 3.28. The molecule has 12 heavy (non-hydrogen) atoms. The van der Waals surface area contributed by atoms with Crippen LogP contribution in [0.3, 0.4) is 0 Å². The monoisotopic (exact) mass is 230 g/mol. The number of aromatic hydroxyl groups is 1. The summed E-state index contributed by atoms with van der Waals surface area (Å²) in [5, 5.41) is 18.4. The maximum Gasteiger partial charge on any atom is 0.119 e. The molecular formula is C9H11BrO2. The van der Waals surface area contributed by atoms with Gasteiger partial charge in [-0.15, -0.1) is 0 Å². The largest absolute Gasteiger partial charge is 0.508 e. The average molecular weight is 231 g/mol. The molecule has 1 rings (SSSR count). The summed E-state index contributed by atoms with van der Waals surface area (Å²) in [6.45, 7) is 1.90. The van der Waals surface area contributed by atoms with Crippen LogP contribution in [0, 0.1) is 0 Å². The highest BCUT2D eigenvalue weighted by molar-refractivity contribution is 9.10. The highest BCUT2D eigenvalue weighted by Gasteiger charge is 2.08. The number of halogens is 1. The fourth-order valence-electron chi connectivity index (χ4n) is 1.22. The van der Waals surface area contributed by atoms with Crippen LogP contribution in [0.5, 0.6) is 5.75 Å². The molecule has 0 aromatic heterocycles. The third-order valence-electron chi connectivity index (χ3n) is 1.86. The standard InChI is InChI=1S/C9H11BrO2/c1-2-6-7(5-11)8(10)3-4-9(6)12/h3-4,11-12H,2,5H2,1H3. The lowest BCUT2D eigenvalue weighted by Gasteiger charge is -2.09. The summed E-state index contributed by atoms with van der Waals surface area (Å²) in [7, 11) is 0. The Morgan fingerprint density at radius 3 is 2.42 bits per heavy atom. The Hall–Kier alpha value is -0.540. The minimum atomic E-state index is -0.0435. The van der Waals surface area contributed by atoms with E-state index in [1.807, 2.05) is 6.92 Å². The second-order valence-corrected chi connectivity index (χ2v) is 3.39. The van der Waals surface area contributed by atoms with Gasteiger partial charge in [0, 0.05) is 10.0 Å². The molecule has 0 atom stereocenters. The molecule has 0 aliphatic rings. The van der Waals surface area contributed by atoms with Gasteiger partial charge in [0.05, 0.1) is 6.61 Å². The van der Waals surface area contributed by atoms with Gasteiger partial charge in [0.15, 0.2) is 0 Å². The second-order valence-electron chi connectivity index (χ2n) is 2.54. The van der Waals surface area contributed by atoms with Crippen LogP contribution in [-0.2, 0) is 13.0 Å². The van der Waals surface area contributed by atoms with Crippen molar-refractivity contribution in [3.05, 3.63) is 27.7 Å². The van der Waals surface area contributed by atoms with Crippen molar-refractivity contribution in [1.29, 1.82) is 0 Å². The average Bonchev–Trinajstić information content (AvgIpc) is 2.08. The van der Waals surface area contributed by atoms with Gasteiger partial charge in [0.2, 0.25) is 0 Å². The van der Waals surface area contributed by atoms with E-state index in [4.69, 9.17) is 5.11 Å². The number of rotatable bonds is 2. The molecule has 0 bridgehead atoms. The molecule has 0 saturated carbocycles. The van der Waals surface area contributed by atoms with Gasteiger partial charge in [-0.2, -0.15) is 0 Å². The summed E-state index contributed by atoms with van der Waals surface area (Å²) in [6, 6.07) is 3.36. The molecule has 0 aliphatic carbocycles. The van der Waals surface area contributed by atoms with Crippen LogP contribution >= 0.6 is 15.9 Å². The minimum Gasteiger partial charge on any atom is -0.508 e. The molecule has 3 heteroatoms. The first-order valence-electron chi connectivity index (χ1n) is 3.80. The fraction of sp³-hybridized carbons (Fsp3) is 0.333. The number of aliphatic hydroxyl groups excluding tert-OH is 1. The summed E-state index contributed by atoms with van der Waals surface area (Å²) < 4.78 is 0.847. The van der Waals surface area contributed by atoms with Crippen LogP contribution in [0.25, 0.3) is 0 Å². The lowest BCUT2D eigenvalue weighted by Crippen LogP contribution is -1.94. The van der Waals surface area contributed by atoms with Gasteiger partial charge in [-0.3, -0.25) is 0 Å². The van der Waals surface area contributed by atoms with E-state index in [-0.39, 0.29) is 12.4 Å². The maximum atomic E-state index is 9.41. The molecule has 2 N–H and O–H groups in total. The topological polar surface area (TPSA) is 40.5 Å². The van der Waals surface area contributed by atoms with Gasteiger partial charge in [-0.05, 0) is 24.1 Å². The summed E-state index contributed by atoms with van der Waals surface area (Å²) in [6.07, 6.45) is 0.723. The number of aliphatic hydroxyl groups is 1. The van der Waals surface area contributed by atoms with Crippen molar-refractivity contribution in [2.45, 2.75) is 20.0 Å². The van der Waals surface area contributed by atoms with Crippen LogP contribution in [0.2, 0.25) is 0 Å². The lowest BCUT2D eigenvalue weighted by atomic mass is 10.0. The highest BCUT2D eigenvalue weighted by Crippen LogP contribution is 2.28. The van der Waals surface area contributed by atoms with E-state index in [0.717, 1.165) is 22.0 Å². The third kappa shape index (κ3) is 1.62. The van der Waals surface area contributed by atoms with Crippen molar-refractivity contribution in [2.75, 3.05) is 0 Å². The van der Waals surface area contributed by atoms with Crippen LogP contribution in [0.4, 0.5) is 0 Å². The minimum absolute atomic E-state index is 0.0435. The molecule has 0 radical (unpaired) electrons.